The van der Waals surface area contributed by atoms with Gasteiger partial charge in [-0.1, -0.05) is 6.07 Å². The van der Waals surface area contributed by atoms with Crippen LogP contribution in [0.25, 0.3) is 10.9 Å². The zero-order valence-corrected chi connectivity index (χ0v) is 9.78. The zero-order valence-electron chi connectivity index (χ0n) is 9.78. The fourth-order valence-electron chi connectivity index (χ4n) is 1.86. The van der Waals surface area contributed by atoms with Crippen LogP contribution in [-0.2, 0) is 4.79 Å². The Morgan fingerprint density at radius 3 is 2.63 bits per heavy atom. The van der Waals surface area contributed by atoms with Gasteiger partial charge in [-0.15, -0.1) is 0 Å². The molecule has 19 heavy (non-hydrogen) atoms. The summed E-state index contributed by atoms with van der Waals surface area (Å²) in [5.74, 6) is -1.99. The number of aromatic nitrogens is 1. The van der Waals surface area contributed by atoms with Crippen LogP contribution in [0.4, 0.5) is 18.9 Å². The van der Waals surface area contributed by atoms with Crippen molar-refractivity contribution in [2.75, 3.05) is 11.9 Å². The molecule has 7 heteroatoms. The number of amides is 1. The molecule has 0 bridgehead atoms. The average Bonchev–Trinajstić information content (AvgIpc) is 2.78. The Labute approximate surface area is 105 Å². The second-order valence-electron chi connectivity index (χ2n) is 3.92. The first-order chi connectivity index (χ1) is 8.86. The number of H-pyrrole nitrogens is 1. The number of fused-ring (bicyclic) bond motifs is 1. The molecule has 0 aliphatic rings. The summed E-state index contributed by atoms with van der Waals surface area (Å²) < 4.78 is 37.3. The first-order valence-corrected chi connectivity index (χ1v) is 5.26. The van der Waals surface area contributed by atoms with E-state index in [1.54, 1.807) is 6.07 Å². The van der Waals surface area contributed by atoms with Gasteiger partial charge in [0.25, 0.3) is 0 Å². The van der Waals surface area contributed by atoms with Crippen LogP contribution >= 0.6 is 0 Å². The van der Waals surface area contributed by atoms with Crippen LogP contribution in [0.2, 0.25) is 0 Å². The van der Waals surface area contributed by atoms with Gasteiger partial charge in [0.1, 0.15) is 0 Å². The predicted molar refractivity (Wildman–Crippen MR) is 63.2 cm³/mol. The maximum atomic E-state index is 12.4. The summed E-state index contributed by atoms with van der Waals surface area (Å²) in [7, 11) is 1.02. The molecule has 1 N–H and O–H groups in total. The van der Waals surface area contributed by atoms with Crippen LogP contribution in [-0.4, -0.2) is 30.4 Å². The Hall–Kier alpha value is -2.31. The Balaban J connectivity index is 2.59. The molecule has 1 aromatic carbocycles. The Bertz CT molecular complexity index is 646. The van der Waals surface area contributed by atoms with E-state index in [0.717, 1.165) is 7.05 Å². The number of aldehydes is 1. The fourth-order valence-corrected chi connectivity index (χ4v) is 1.86. The van der Waals surface area contributed by atoms with Gasteiger partial charge >= 0.3 is 12.1 Å². The molecule has 0 saturated carbocycles. The number of benzene rings is 1. The van der Waals surface area contributed by atoms with Crippen molar-refractivity contribution in [1.82, 2.24) is 4.98 Å². The molecular formula is C12H9F3N2O2. The highest BCUT2D eigenvalue weighted by atomic mass is 19.4. The Kier molecular flexibility index (Phi) is 3.05. The molecule has 0 fully saturated rings. The van der Waals surface area contributed by atoms with Crippen molar-refractivity contribution in [3.63, 3.8) is 0 Å². The maximum absolute atomic E-state index is 12.4. The van der Waals surface area contributed by atoms with E-state index in [1.807, 2.05) is 0 Å². The lowest BCUT2D eigenvalue weighted by molar-refractivity contribution is -0.170. The maximum Gasteiger partial charge on any atom is 0.471 e. The van der Waals surface area contributed by atoms with Crippen LogP contribution in [0, 0.1) is 0 Å². The molecule has 0 saturated heterocycles. The van der Waals surface area contributed by atoms with Crippen molar-refractivity contribution in [2.24, 2.45) is 0 Å². The zero-order chi connectivity index (χ0) is 14.2. The molecule has 100 valence electrons. The van der Waals surface area contributed by atoms with Crippen LogP contribution in [0.15, 0.2) is 24.4 Å². The minimum absolute atomic E-state index is 0.0307. The van der Waals surface area contributed by atoms with Crippen molar-refractivity contribution in [3.8, 4) is 0 Å². The molecule has 2 aromatic rings. The van der Waals surface area contributed by atoms with Gasteiger partial charge in [0.2, 0.25) is 0 Å². The van der Waals surface area contributed by atoms with Crippen molar-refractivity contribution < 1.29 is 22.8 Å². The molecule has 0 unspecified atom stereocenters. The van der Waals surface area contributed by atoms with Gasteiger partial charge in [-0.3, -0.25) is 9.59 Å². The smallest absolute Gasteiger partial charge is 0.360 e. The summed E-state index contributed by atoms with van der Waals surface area (Å²) in [6.07, 6.45) is -3.06. The van der Waals surface area contributed by atoms with Crippen molar-refractivity contribution >= 4 is 28.8 Å². The lowest BCUT2D eigenvalue weighted by Gasteiger charge is -2.19. The molecule has 0 atom stereocenters. The van der Waals surface area contributed by atoms with Crippen molar-refractivity contribution in [3.05, 3.63) is 30.0 Å². The highest BCUT2D eigenvalue weighted by molar-refractivity contribution is 6.10. The number of nitrogens with one attached hydrogen (secondary N) is 1. The third-order valence-corrected chi connectivity index (χ3v) is 2.75. The van der Waals surface area contributed by atoms with Crippen LogP contribution in [0.5, 0.6) is 0 Å². The van der Waals surface area contributed by atoms with Crippen molar-refractivity contribution in [2.45, 2.75) is 6.18 Å². The monoisotopic (exact) mass is 270 g/mol. The molecular weight excluding hydrogens is 261 g/mol. The summed E-state index contributed by atoms with van der Waals surface area (Å²) in [4.78, 5) is 25.4. The van der Waals surface area contributed by atoms with Crippen LogP contribution in [0.1, 0.15) is 10.4 Å². The highest BCUT2D eigenvalue weighted by Gasteiger charge is 2.42. The number of carbonyl (C=O) groups excluding carboxylic acids is 2. The molecule has 0 radical (unpaired) electrons. The highest BCUT2D eigenvalue weighted by Crippen LogP contribution is 2.30. The van der Waals surface area contributed by atoms with E-state index in [2.05, 4.69) is 4.98 Å². The third-order valence-electron chi connectivity index (χ3n) is 2.75. The van der Waals surface area contributed by atoms with E-state index in [9.17, 15) is 22.8 Å². The van der Waals surface area contributed by atoms with Crippen molar-refractivity contribution in [1.29, 1.82) is 0 Å². The predicted octanol–water partition coefficient (Wildman–Crippen LogP) is 2.51. The van der Waals surface area contributed by atoms with Gasteiger partial charge in [-0.25, -0.2) is 0 Å². The number of hydrogen-bond acceptors (Lipinski definition) is 2. The number of halogens is 3. The van der Waals surface area contributed by atoms with E-state index >= 15 is 0 Å². The number of hydrogen-bond donors (Lipinski definition) is 1. The van der Waals surface area contributed by atoms with E-state index in [-0.39, 0.29) is 16.6 Å². The van der Waals surface area contributed by atoms with Gasteiger partial charge < -0.3 is 9.88 Å². The molecule has 1 aromatic heterocycles. The number of rotatable bonds is 2. The standard InChI is InChI=1S/C12H9F3N2O2/c1-17(11(19)12(13,14)15)9-4-2-3-8-10(9)7(6-18)5-16-8/h2-6,16H,1H3. The van der Waals surface area contributed by atoms with Gasteiger partial charge in [-0.2, -0.15) is 13.2 Å². The molecule has 4 nitrogen and oxygen atoms in total. The number of anilines is 1. The van der Waals surface area contributed by atoms with Gasteiger partial charge in [-0.05, 0) is 12.1 Å². The molecule has 0 aliphatic carbocycles. The third kappa shape index (κ3) is 2.18. The number of carbonyl (C=O) groups is 2. The molecule has 1 heterocycles. The quantitative estimate of drug-likeness (QED) is 0.852. The minimum Gasteiger partial charge on any atom is -0.360 e. The lowest BCUT2D eigenvalue weighted by Crippen LogP contribution is -2.38. The number of nitrogens with zero attached hydrogens (tertiary/aromatic N) is 1. The van der Waals surface area contributed by atoms with Crippen LogP contribution < -0.4 is 4.90 Å². The summed E-state index contributed by atoms with van der Waals surface area (Å²) in [6.45, 7) is 0. The first-order valence-electron chi connectivity index (χ1n) is 5.26. The molecule has 0 spiro atoms. The lowest BCUT2D eigenvalue weighted by atomic mass is 10.1. The largest absolute Gasteiger partial charge is 0.471 e. The van der Waals surface area contributed by atoms with Gasteiger partial charge in [0.05, 0.1) is 5.69 Å². The second kappa shape index (κ2) is 4.42. The Morgan fingerprint density at radius 2 is 2.05 bits per heavy atom. The first kappa shape index (κ1) is 13.1. The van der Waals surface area contributed by atoms with E-state index < -0.39 is 12.1 Å². The van der Waals surface area contributed by atoms with E-state index in [0.29, 0.717) is 16.7 Å². The number of aromatic amines is 1. The summed E-state index contributed by atoms with van der Waals surface area (Å²) >= 11 is 0. The Morgan fingerprint density at radius 1 is 1.37 bits per heavy atom. The molecule has 1 amide bonds. The summed E-state index contributed by atoms with van der Waals surface area (Å²) in [6, 6.07) is 4.47. The van der Waals surface area contributed by atoms with E-state index in [4.69, 9.17) is 0 Å². The summed E-state index contributed by atoms with van der Waals surface area (Å²) in [5, 5.41) is 0.289. The topological polar surface area (TPSA) is 53.2 Å². The molecule has 0 aliphatic heterocycles. The molecule has 2 rings (SSSR count). The SMILES string of the molecule is CN(C(=O)C(F)(F)F)c1cccc2[nH]cc(C=O)c12. The second-order valence-corrected chi connectivity index (χ2v) is 3.92. The average molecular weight is 270 g/mol. The van der Waals surface area contributed by atoms with E-state index in [1.165, 1.54) is 18.3 Å². The normalized spacial score (nSPS) is 11.6. The number of alkyl halides is 3. The summed E-state index contributed by atoms with van der Waals surface area (Å²) in [5.41, 5.74) is 0.719. The van der Waals surface area contributed by atoms with Gasteiger partial charge in [0.15, 0.2) is 6.29 Å². The fraction of sp³-hybridized carbons (Fsp3) is 0.167. The minimum atomic E-state index is -4.96. The van der Waals surface area contributed by atoms with Crippen LogP contribution in [0.3, 0.4) is 0 Å². The van der Waals surface area contributed by atoms with Gasteiger partial charge in [0, 0.05) is 29.7 Å².